The zero-order chi connectivity index (χ0) is 22.1. The highest BCUT2D eigenvalue weighted by Crippen LogP contribution is 2.41. The second kappa shape index (κ2) is 10.8. The average molecular weight is 420 g/mol. The Hall–Kier alpha value is -2.87. The summed E-state index contributed by atoms with van der Waals surface area (Å²) in [5.74, 6) is 2.58. The molecule has 0 fully saturated rings. The van der Waals surface area contributed by atoms with Gasteiger partial charge < -0.3 is 24.6 Å². The lowest BCUT2D eigenvalue weighted by Crippen LogP contribution is -2.51. The molecule has 0 saturated heterocycles. The van der Waals surface area contributed by atoms with E-state index in [4.69, 9.17) is 14.2 Å². The smallest absolute Gasteiger partial charge is 0.270 e. The minimum Gasteiger partial charge on any atom is -0.494 e. The van der Waals surface area contributed by atoms with Gasteiger partial charge in [0.05, 0.1) is 24.2 Å². The van der Waals surface area contributed by atoms with Crippen LogP contribution in [0, 0.1) is 10.1 Å². The third-order valence-corrected chi connectivity index (χ3v) is 4.68. The standard InChI is InChI=1S/C21H28N2O7/c1-4-5-11-29-16(14-28-10-6-9-24)13-22-19-17-12-15(23(26)27)7-8-18(17)30-21(2,3)20(19)25/h6-8,12-13,19-20,22,25H,4-5,10-11,14H2,1-3H3/b16-13+/t19-,20+/m0/s1. The number of hydrogen-bond donors (Lipinski definition) is 2. The Labute approximate surface area is 175 Å². The van der Waals surface area contributed by atoms with Crippen molar-refractivity contribution in [3.8, 4) is 5.75 Å². The van der Waals surface area contributed by atoms with Gasteiger partial charge in [0.1, 0.15) is 35.8 Å². The van der Waals surface area contributed by atoms with Crippen LogP contribution in [0.1, 0.15) is 45.2 Å². The first-order valence-corrected chi connectivity index (χ1v) is 9.80. The summed E-state index contributed by atoms with van der Waals surface area (Å²) in [5, 5.41) is 25.1. The van der Waals surface area contributed by atoms with E-state index in [-0.39, 0.29) is 18.9 Å². The molecule has 0 spiro atoms. The molecular weight excluding hydrogens is 392 g/mol. The molecule has 1 aromatic carbocycles. The Morgan fingerprint density at radius 2 is 2.23 bits per heavy atom. The van der Waals surface area contributed by atoms with Crippen LogP contribution in [0.5, 0.6) is 5.75 Å². The maximum Gasteiger partial charge on any atom is 0.270 e. The summed E-state index contributed by atoms with van der Waals surface area (Å²) in [5.41, 5.74) is -0.531. The molecule has 9 nitrogen and oxygen atoms in total. The number of aliphatic hydroxyl groups excluding tert-OH is 1. The second-order valence-corrected chi connectivity index (χ2v) is 7.42. The third-order valence-electron chi connectivity index (χ3n) is 4.68. The minimum atomic E-state index is -0.987. The Balaban J connectivity index is 2.27. The molecule has 2 atom stereocenters. The molecule has 1 aliphatic rings. The van der Waals surface area contributed by atoms with Gasteiger partial charge in [-0.3, -0.25) is 10.1 Å². The number of nitro groups is 1. The first-order valence-electron chi connectivity index (χ1n) is 9.80. The largest absolute Gasteiger partial charge is 0.494 e. The number of nitrogens with one attached hydrogen (secondary N) is 1. The Kier molecular flexibility index (Phi) is 8.41. The first-order chi connectivity index (χ1) is 14.3. The molecule has 30 heavy (non-hydrogen) atoms. The third kappa shape index (κ3) is 6.06. The molecule has 0 amide bonds. The number of carbonyl (C=O) groups excluding carboxylic acids is 1. The van der Waals surface area contributed by atoms with Crippen molar-refractivity contribution in [3.63, 3.8) is 0 Å². The summed E-state index contributed by atoms with van der Waals surface area (Å²) in [6.45, 7) is 6.22. The maximum absolute atomic E-state index is 11.2. The molecule has 2 rings (SSSR count). The highest BCUT2D eigenvalue weighted by atomic mass is 16.6. The number of non-ortho nitro benzene ring substituents is 1. The number of aliphatic hydroxyl groups is 1. The number of rotatable bonds is 11. The Bertz CT molecular complexity index is 816. The molecule has 0 aromatic heterocycles. The topological polar surface area (TPSA) is 120 Å². The van der Waals surface area contributed by atoms with E-state index in [0.29, 0.717) is 23.7 Å². The van der Waals surface area contributed by atoms with Gasteiger partial charge in [-0.05, 0) is 26.3 Å². The van der Waals surface area contributed by atoms with E-state index in [2.05, 4.69) is 5.32 Å². The number of ether oxygens (including phenoxy) is 3. The second-order valence-electron chi connectivity index (χ2n) is 7.42. The molecule has 164 valence electrons. The van der Waals surface area contributed by atoms with Crippen molar-refractivity contribution in [2.45, 2.75) is 51.4 Å². The number of unbranched alkanes of at least 4 members (excludes halogenated alkanes) is 1. The van der Waals surface area contributed by atoms with Gasteiger partial charge >= 0.3 is 0 Å². The van der Waals surface area contributed by atoms with Crippen molar-refractivity contribution in [3.05, 3.63) is 51.9 Å². The molecule has 0 aliphatic carbocycles. The summed E-state index contributed by atoms with van der Waals surface area (Å²) in [6, 6.07) is 3.63. The molecule has 0 unspecified atom stereocenters. The number of nitrogens with zero attached hydrogens (tertiary/aromatic N) is 1. The number of benzene rings is 1. The van der Waals surface area contributed by atoms with Crippen molar-refractivity contribution in [1.82, 2.24) is 5.32 Å². The summed E-state index contributed by atoms with van der Waals surface area (Å²) in [4.78, 5) is 21.0. The van der Waals surface area contributed by atoms with Crippen LogP contribution in [0.3, 0.4) is 0 Å². The SMILES string of the molecule is CCCCO/C(=C/N[C@H]1c2cc([N+](=O)[O-])ccc2OC(C)(C)[C@@H]1O)COCC=C=O. The normalized spacial score (nSPS) is 19.8. The monoisotopic (exact) mass is 420 g/mol. The summed E-state index contributed by atoms with van der Waals surface area (Å²) in [6.07, 6.45) is 3.63. The number of nitro benzene ring substituents is 1. The van der Waals surface area contributed by atoms with Crippen LogP contribution >= 0.6 is 0 Å². The van der Waals surface area contributed by atoms with E-state index in [1.165, 1.54) is 24.3 Å². The van der Waals surface area contributed by atoms with Crippen LogP contribution in [-0.4, -0.2) is 47.5 Å². The predicted octanol–water partition coefficient (Wildman–Crippen LogP) is 2.82. The van der Waals surface area contributed by atoms with Gasteiger partial charge in [0.25, 0.3) is 5.69 Å². The van der Waals surface area contributed by atoms with Crippen LogP contribution in [0.2, 0.25) is 0 Å². The summed E-state index contributed by atoms with van der Waals surface area (Å²) < 4.78 is 16.9. The van der Waals surface area contributed by atoms with Crippen molar-refractivity contribution < 1.29 is 29.0 Å². The van der Waals surface area contributed by atoms with Crippen LogP contribution in [0.4, 0.5) is 5.69 Å². The molecule has 1 aliphatic heterocycles. The van der Waals surface area contributed by atoms with Gasteiger partial charge in [-0.15, -0.1) is 0 Å². The van der Waals surface area contributed by atoms with E-state index in [1.54, 1.807) is 26.0 Å². The van der Waals surface area contributed by atoms with Gasteiger partial charge in [0, 0.05) is 30.0 Å². The van der Waals surface area contributed by atoms with E-state index >= 15 is 0 Å². The van der Waals surface area contributed by atoms with E-state index < -0.39 is 22.7 Å². The van der Waals surface area contributed by atoms with Crippen LogP contribution < -0.4 is 10.1 Å². The van der Waals surface area contributed by atoms with Crippen molar-refractivity contribution >= 4 is 11.6 Å². The van der Waals surface area contributed by atoms with Crippen LogP contribution in [0.15, 0.2) is 36.2 Å². The lowest BCUT2D eigenvalue weighted by Gasteiger charge is -2.42. The van der Waals surface area contributed by atoms with Crippen LogP contribution in [0.25, 0.3) is 0 Å². The van der Waals surface area contributed by atoms with Gasteiger partial charge in [-0.25, -0.2) is 4.79 Å². The molecule has 0 bridgehead atoms. The molecule has 2 N–H and O–H groups in total. The fraction of sp³-hybridized carbons (Fsp3) is 0.524. The maximum atomic E-state index is 11.2. The lowest BCUT2D eigenvalue weighted by molar-refractivity contribution is -0.385. The van der Waals surface area contributed by atoms with Crippen molar-refractivity contribution in [1.29, 1.82) is 0 Å². The zero-order valence-electron chi connectivity index (χ0n) is 17.4. The molecule has 0 saturated carbocycles. The predicted molar refractivity (Wildman–Crippen MR) is 110 cm³/mol. The molecule has 9 heteroatoms. The summed E-state index contributed by atoms with van der Waals surface area (Å²) >= 11 is 0. The van der Waals surface area contributed by atoms with Crippen molar-refractivity contribution in [2.24, 2.45) is 0 Å². The van der Waals surface area contributed by atoms with Gasteiger partial charge in [-0.1, -0.05) is 13.3 Å². The van der Waals surface area contributed by atoms with Gasteiger partial charge in [0.15, 0.2) is 0 Å². The van der Waals surface area contributed by atoms with Gasteiger partial charge in [0.2, 0.25) is 0 Å². The van der Waals surface area contributed by atoms with Crippen molar-refractivity contribution in [2.75, 3.05) is 19.8 Å². The average Bonchev–Trinajstić information content (AvgIpc) is 2.70. The quantitative estimate of drug-likeness (QED) is 0.184. The molecule has 0 radical (unpaired) electrons. The fourth-order valence-corrected chi connectivity index (χ4v) is 2.99. The van der Waals surface area contributed by atoms with Gasteiger partial charge in [-0.2, -0.15) is 0 Å². The first kappa shape index (κ1) is 23.4. The highest BCUT2D eigenvalue weighted by Gasteiger charge is 2.43. The van der Waals surface area contributed by atoms with E-state index in [1.807, 2.05) is 6.92 Å². The van der Waals surface area contributed by atoms with Crippen LogP contribution in [-0.2, 0) is 14.3 Å². The molecular formula is C21H28N2O7. The van der Waals surface area contributed by atoms with E-state index in [9.17, 15) is 20.0 Å². The summed E-state index contributed by atoms with van der Waals surface area (Å²) in [7, 11) is 0. The Morgan fingerprint density at radius 3 is 2.90 bits per heavy atom. The highest BCUT2D eigenvalue weighted by molar-refractivity contribution is 5.48. The zero-order valence-corrected chi connectivity index (χ0v) is 17.4. The van der Waals surface area contributed by atoms with E-state index in [0.717, 1.165) is 12.8 Å². The Morgan fingerprint density at radius 1 is 1.47 bits per heavy atom. The number of fused-ring (bicyclic) bond motifs is 1. The number of hydrogen-bond acceptors (Lipinski definition) is 8. The minimum absolute atomic E-state index is 0.0940. The lowest BCUT2D eigenvalue weighted by atomic mass is 9.86. The molecule has 1 heterocycles. The molecule has 1 aromatic rings. The fourth-order valence-electron chi connectivity index (χ4n) is 2.99.